The van der Waals surface area contributed by atoms with Crippen LogP contribution >= 0.6 is 0 Å². The summed E-state index contributed by atoms with van der Waals surface area (Å²) in [6, 6.07) is -1.71. The van der Waals surface area contributed by atoms with Gasteiger partial charge in [-0.3, -0.25) is 4.79 Å². The zero-order chi connectivity index (χ0) is 11.4. The first-order valence-electron chi connectivity index (χ1n) is 3.33. The summed E-state index contributed by atoms with van der Waals surface area (Å²) in [6.45, 7) is 0. The smallest absolute Gasteiger partial charge is 0.471 e. The first kappa shape index (κ1) is 12.3. The molecular weight excluding hydrogens is 203 g/mol. The van der Waals surface area contributed by atoms with Crippen LogP contribution in [0.5, 0.6) is 0 Å². The number of rotatable bonds is 3. The van der Waals surface area contributed by atoms with Crippen LogP contribution in [0.25, 0.3) is 0 Å². The highest BCUT2D eigenvalue weighted by molar-refractivity contribution is 5.87. The Hall–Kier alpha value is -1.71. The number of amides is 1. The number of carboxylic acids is 1. The maximum Gasteiger partial charge on any atom is 0.471 e. The van der Waals surface area contributed by atoms with E-state index in [2.05, 4.69) is 0 Å². The summed E-state index contributed by atoms with van der Waals surface area (Å²) in [6.07, 6.45) is -0.906. The number of alkyl halides is 3. The largest absolute Gasteiger partial charge is 0.480 e. The predicted molar refractivity (Wildman–Crippen MR) is 39.1 cm³/mol. The van der Waals surface area contributed by atoms with Gasteiger partial charge in [0.15, 0.2) is 0 Å². The Morgan fingerprint density at radius 2 is 2.00 bits per heavy atom. The van der Waals surface area contributed by atoms with Crippen LogP contribution in [0.2, 0.25) is 0 Å². The second kappa shape index (κ2) is 4.50. The summed E-state index contributed by atoms with van der Waals surface area (Å²) in [7, 11) is 0. The van der Waals surface area contributed by atoms with Crippen molar-refractivity contribution in [3.63, 3.8) is 0 Å². The van der Waals surface area contributed by atoms with Gasteiger partial charge < -0.3 is 10.4 Å². The molecule has 4 nitrogen and oxygen atoms in total. The first-order chi connectivity index (χ1) is 6.29. The van der Waals surface area contributed by atoms with Gasteiger partial charge in [-0.05, 0) is 0 Å². The lowest BCUT2D eigenvalue weighted by atomic mass is 10.2. The Morgan fingerprint density at radius 3 is 2.29 bits per heavy atom. The van der Waals surface area contributed by atoms with Crippen LogP contribution < -0.4 is 5.32 Å². The molecule has 0 bridgehead atoms. The zero-order valence-corrected chi connectivity index (χ0v) is 6.76. The molecule has 1 amide bonds. The number of nitrogens with one attached hydrogen (secondary N) is 1. The molecule has 2 N–H and O–H groups in total. The summed E-state index contributed by atoms with van der Waals surface area (Å²) in [4.78, 5) is 20.6. The van der Waals surface area contributed by atoms with E-state index in [9.17, 15) is 22.8 Å². The minimum absolute atomic E-state index is 0.503. The first-order valence-corrected chi connectivity index (χ1v) is 3.33. The second-order valence-electron chi connectivity index (χ2n) is 2.27. The predicted octanol–water partition coefficient (Wildman–Crippen LogP) is 0.141. The number of hydrogen-bond donors (Lipinski definition) is 2. The number of carbonyl (C=O) groups is 2. The maximum atomic E-state index is 11.7. The molecule has 0 rings (SSSR count). The maximum absolute atomic E-state index is 11.7. The molecule has 1 unspecified atom stereocenters. The number of aliphatic carboxylic acids is 1. The molecule has 0 aliphatic carbocycles. The van der Waals surface area contributed by atoms with Crippen LogP contribution in [-0.4, -0.2) is 29.2 Å². The van der Waals surface area contributed by atoms with E-state index in [0.29, 0.717) is 0 Å². The second-order valence-corrected chi connectivity index (χ2v) is 2.27. The van der Waals surface area contributed by atoms with Crippen molar-refractivity contribution in [2.24, 2.45) is 0 Å². The van der Waals surface area contributed by atoms with E-state index >= 15 is 0 Å². The molecule has 0 radical (unpaired) electrons. The molecule has 0 aliphatic rings. The fraction of sp³-hybridized carbons (Fsp3) is 0.429. The number of halogens is 3. The molecule has 0 saturated carbocycles. The Balaban J connectivity index is 4.40. The fourth-order valence-electron chi connectivity index (χ4n) is 0.558. The fourth-order valence-corrected chi connectivity index (χ4v) is 0.558. The Bertz CT molecular complexity index is 279. The highest BCUT2D eigenvalue weighted by Crippen LogP contribution is 2.14. The number of carboxylic acid groups (broad SMARTS) is 1. The highest BCUT2D eigenvalue weighted by Gasteiger charge is 2.40. The summed E-state index contributed by atoms with van der Waals surface area (Å²) < 4.78 is 35.0. The summed E-state index contributed by atoms with van der Waals surface area (Å²) in [5.41, 5.74) is 0. The van der Waals surface area contributed by atoms with Crippen LogP contribution in [-0.2, 0) is 9.59 Å². The standard InChI is InChI=1S/C7H6F3NO3/c1-2-3-4(5(12)13)11-6(14)7(8,9)10/h1,4H,3H2,(H,11,14)(H,12,13). The van der Waals surface area contributed by atoms with Crippen LogP contribution in [0, 0.1) is 12.3 Å². The molecule has 0 fully saturated rings. The normalized spacial score (nSPS) is 12.7. The van der Waals surface area contributed by atoms with Crippen molar-refractivity contribution in [2.75, 3.05) is 0 Å². The van der Waals surface area contributed by atoms with Crippen molar-refractivity contribution in [1.82, 2.24) is 5.32 Å². The van der Waals surface area contributed by atoms with Gasteiger partial charge in [-0.2, -0.15) is 13.2 Å². The molecule has 0 aliphatic heterocycles. The summed E-state index contributed by atoms with van der Waals surface area (Å²) in [5, 5.41) is 9.59. The average Bonchev–Trinajstić information content (AvgIpc) is 2.01. The Kier molecular flexibility index (Phi) is 3.95. The molecule has 0 aromatic rings. The molecule has 0 spiro atoms. The van der Waals surface area contributed by atoms with Crippen molar-refractivity contribution in [3.8, 4) is 12.3 Å². The van der Waals surface area contributed by atoms with Gasteiger partial charge in [0.1, 0.15) is 6.04 Å². The van der Waals surface area contributed by atoms with Crippen LogP contribution in [0.15, 0.2) is 0 Å². The lowest BCUT2D eigenvalue weighted by Crippen LogP contribution is -2.46. The van der Waals surface area contributed by atoms with Crippen molar-refractivity contribution in [3.05, 3.63) is 0 Å². The van der Waals surface area contributed by atoms with Gasteiger partial charge >= 0.3 is 18.1 Å². The molecule has 0 heterocycles. The Morgan fingerprint density at radius 1 is 1.50 bits per heavy atom. The molecule has 7 heteroatoms. The third kappa shape index (κ3) is 3.80. The van der Waals surface area contributed by atoms with E-state index < -0.39 is 30.5 Å². The summed E-state index contributed by atoms with van der Waals surface area (Å²) in [5.74, 6) is -2.09. The van der Waals surface area contributed by atoms with Gasteiger partial charge in [0.25, 0.3) is 0 Å². The van der Waals surface area contributed by atoms with Gasteiger partial charge in [0.05, 0.1) is 0 Å². The molecule has 14 heavy (non-hydrogen) atoms. The monoisotopic (exact) mass is 209 g/mol. The van der Waals surface area contributed by atoms with Gasteiger partial charge in [0.2, 0.25) is 0 Å². The molecular formula is C7H6F3NO3. The van der Waals surface area contributed by atoms with Crippen molar-refractivity contribution in [1.29, 1.82) is 0 Å². The minimum atomic E-state index is -5.11. The van der Waals surface area contributed by atoms with E-state index in [1.807, 2.05) is 5.92 Å². The Labute approximate surface area is 77.1 Å². The topological polar surface area (TPSA) is 66.4 Å². The zero-order valence-electron chi connectivity index (χ0n) is 6.76. The van der Waals surface area contributed by atoms with Crippen LogP contribution in [0.3, 0.4) is 0 Å². The van der Waals surface area contributed by atoms with Crippen molar-refractivity contribution >= 4 is 11.9 Å². The molecule has 0 saturated heterocycles. The lowest BCUT2D eigenvalue weighted by Gasteiger charge is -2.12. The molecule has 0 aromatic carbocycles. The van der Waals surface area contributed by atoms with Crippen LogP contribution in [0.4, 0.5) is 13.2 Å². The van der Waals surface area contributed by atoms with Gasteiger partial charge in [-0.15, -0.1) is 12.3 Å². The van der Waals surface area contributed by atoms with E-state index in [0.717, 1.165) is 0 Å². The number of carbonyl (C=O) groups excluding carboxylic acids is 1. The lowest BCUT2D eigenvalue weighted by molar-refractivity contribution is -0.175. The van der Waals surface area contributed by atoms with Gasteiger partial charge in [-0.25, -0.2) is 4.79 Å². The van der Waals surface area contributed by atoms with E-state index in [1.165, 1.54) is 5.32 Å². The molecule has 78 valence electrons. The SMILES string of the molecule is C#CCC(NC(=O)C(F)(F)F)C(=O)O. The highest BCUT2D eigenvalue weighted by atomic mass is 19.4. The minimum Gasteiger partial charge on any atom is -0.480 e. The summed E-state index contributed by atoms with van der Waals surface area (Å²) >= 11 is 0. The number of terminal acetylenes is 1. The average molecular weight is 209 g/mol. The quantitative estimate of drug-likeness (QED) is 0.650. The van der Waals surface area contributed by atoms with Crippen molar-refractivity contribution in [2.45, 2.75) is 18.6 Å². The van der Waals surface area contributed by atoms with E-state index in [-0.39, 0.29) is 0 Å². The van der Waals surface area contributed by atoms with Gasteiger partial charge in [-0.1, -0.05) is 0 Å². The van der Waals surface area contributed by atoms with E-state index in [4.69, 9.17) is 11.5 Å². The van der Waals surface area contributed by atoms with Crippen molar-refractivity contribution < 1.29 is 27.9 Å². The molecule has 1 atom stereocenters. The van der Waals surface area contributed by atoms with E-state index in [1.54, 1.807) is 0 Å². The third-order valence-electron chi connectivity index (χ3n) is 1.18. The number of hydrogen-bond acceptors (Lipinski definition) is 2. The van der Waals surface area contributed by atoms with Crippen LogP contribution in [0.1, 0.15) is 6.42 Å². The van der Waals surface area contributed by atoms with Gasteiger partial charge in [0, 0.05) is 6.42 Å². The third-order valence-corrected chi connectivity index (χ3v) is 1.18. The molecule has 0 aromatic heterocycles.